The highest BCUT2D eigenvalue weighted by Gasteiger charge is 2.30. The van der Waals surface area contributed by atoms with Gasteiger partial charge in [-0.3, -0.25) is 0 Å². The predicted octanol–water partition coefficient (Wildman–Crippen LogP) is 4.06. The van der Waals surface area contributed by atoms with E-state index in [0.29, 0.717) is 16.6 Å². The molecule has 0 radical (unpaired) electrons. The summed E-state index contributed by atoms with van der Waals surface area (Å²) in [5, 5.41) is 3.25. The van der Waals surface area contributed by atoms with Gasteiger partial charge in [-0.2, -0.15) is 0 Å². The Labute approximate surface area is 169 Å². The lowest BCUT2D eigenvalue weighted by Crippen LogP contribution is -2.23. The number of pyridine rings is 1. The van der Waals surface area contributed by atoms with Crippen LogP contribution in [0.1, 0.15) is 0 Å². The average Bonchev–Trinajstić information content (AvgIpc) is 2.54. The zero-order valence-electron chi connectivity index (χ0n) is 13.2. The SMILES string of the molecule is I.NC(=NCCOc1ccc(Cl)cn1)Nc1ccc(OC(F)(F)F)cc1. The van der Waals surface area contributed by atoms with Crippen molar-refractivity contribution in [1.82, 2.24) is 4.98 Å². The van der Waals surface area contributed by atoms with Gasteiger partial charge < -0.3 is 20.5 Å². The Morgan fingerprint density at radius 2 is 1.88 bits per heavy atom. The Hall–Kier alpha value is -1.95. The third-order valence-electron chi connectivity index (χ3n) is 2.68. The molecule has 1 aromatic carbocycles. The van der Waals surface area contributed by atoms with Crippen molar-refractivity contribution in [2.75, 3.05) is 18.5 Å². The van der Waals surface area contributed by atoms with E-state index in [0.717, 1.165) is 0 Å². The number of nitrogens with two attached hydrogens (primary N) is 1. The number of hydrogen-bond acceptors (Lipinski definition) is 4. The number of nitrogens with one attached hydrogen (secondary N) is 1. The maximum Gasteiger partial charge on any atom is 0.573 e. The molecule has 0 unspecified atom stereocenters. The van der Waals surface area contributed by atoms with Gasteiger partial charge in [0.05, 0.1) is 11.6 Å². The van der Waals surface area contributed by atoms with Crippen molar-refractivity contribution < 1.29 is 22.6 Å². The number of aromatic nitrogens is 1. The Morgan fingerprint density at radius 3 is 2.46 bits per heavy atom. The molecule has 0 fully saturated rings. The van der Waals surface area contributed by atoms with E-state index < -0.39 is 6.36 Å². The predicted molar refractivity (Wildman–Crippen MR) is 103 cm³/mol. The number of nitrogens with zero attached hydrogens (tertiary/aromatic N) is 2. The Balaban J connectivity index is 0.00000338. The van der Waals surface area contributed by atoms with Crippen LogP contribution in [0.4, 0.5) is 18.9 Å². The highest BCUT2D eigenvalue weighted by Crippen LogP contribution is 2.23. The van der Waals surface area contributed by atoms with Crippen LogP contribution in [0, 0.1) is 0 Å². The van der Waals surface area contributed by atoms with Crippen LogP contribution in [0.3, 0.4) is 0 Å². The first kappa shape index (κ1) is 22.1. The molecule has 6 nitrogen and oxygen atoms in total. The summed E-state index contributed by atoms with van der Waals surface area (Å²) in [7, 11) is 0. The molecule has 0 aliphatic heterocycles. The van der Waals surface area contributed by atoms with Gasteiger partial charge in [-0.05, 0) is 30.3 Å². The zero-order valence-corrected chi connectivity index (χ0v) is 16.3. The fourth-order valence-electron chi connectivity index (χ4n) is 1.69. The van der Waals surface area contributed by atoms with Crippen LogP contribution in [0.2, 0.25) is 5.02 Å². The summed E-state index contributed by atoms with van der Waals surface area (Å²) in [5.74, 6) is 0.181. The van der Waals surface area contributed by atoms with Crippen LogP contribution in [-0.2, 0) is 0 Å². The van der Waals surface area contributed by atoms with Crippen LogP contribution in [-0.4, -0.2) is 30.5 Å². The topological polar surface area (TPSA) is 81.8 Å². The van der Waals surface area contributed by atoms with Crippen molar-refractivity contribution >= 4 is 47.2 Å². The number of guanidine groups is 1. The monoisotopic (exact) mass is 502 g/mol. The second-order valence-corrected chi connectivity index (χ2v) is 5.06. The molecule has 11 heteroatoms. The average molecular weight is 503 g/mol. The molecule has 1 heterocycles. The normalized spacial score (nSPS) is 11.5. The van der Waals surface area contributed by atoms with Gasteiger partial charge in [0.25, 0.3) is 0 Å². The van der Waals surface area contributed by atoms with Crippen LogP contribution in [0.5, 0.6) is 11.6 Å². The van der Waals surface area contributed by atoms with Crippen molar-refractivity contribution in [2.45, 2.75) is 6.36 Å². The molecule has 0 saturated carbocycles. The van der Waals surface area contributed by atoms with Crippen LogP contribution in [0.25, 0.3) is 0 Å². The fourth-order valence-corrected chi connectivity index (χ4v) is 1.80. The van der Waals surface area contributed by atoms with Gasteiger partial charge in [0.2, 0.25) is 5.88 Å². The van der Waals surface area contributed by atoms with Crippen molar-refractivity contribution in [3.63, 3.8) is 0 Å². The van der Waals surface area contributed by atoms with Crippen LogP contribution >= 0.6 is 35.6 Å². The first-order valence-electron chi connectivity index (χ1n) is 6.99. The molecule has 0 spiro atoms. The smallest absolute Gasteiger partial charge is 0.476 e. The van der Waals surface area contributed by atoms with E-state index in [9.17, 15) is 13.2 Å². The summed E-state index contributed by atoms with van der Waals surface area (Å²) in [4.78, 5) is 7.98. The van der Waals surface area contributed by atoms with E-state index in [1.54, 1.807) is 12.1 Å². The number of benzene rings is 1. The highest BCUT2D eigenvalue weighted by molar-refractivity contribution is 14.0. The molecule has 2 aromatic rings. The number of hydrogen-bond donors (Lipinski definition) is 2. The molecule has 1 aromatic heterocycles. The molecule has 142 valence electrons. The maximum absolute atomic E-state index is 12.1. The molecule has 0 bridgehead atoms. The van der Waals surface area contributed by atoms with E-state index in [-0.39, 0.29) is 48.8 Å². The van der Waals surface area contributed by atoms with Crippen molar-refractivity contribution in [1.29, 1.82) is 0 Å². The molecule has 2 rings (SSSR count). The first-order valence-corrected chi connectivity index (χ1v) is 7.37. The minimum atomic E-state index is -4.73. The van der Waals surface area contributed by atoms with Gasteiger partial charge in [0.1, 0.15) is 12.4 Å². The van der Waals surface area contributed by atoms with Gasteiger partial charge in [-0.1, -0.05) is 11.6 Å². The summed E-state index contributed by atoms with van der Waals surface area (Å²) in [6.07, 6.45) is -3.27. The minimum Gasteiger partial charge on any atom is -0.476 e. The van der Waals surface area contributed by atoms with Gasteiger partial charge >= 0.3 is 6.36 Å². The largest absolute Gasteiger partial charge is 0.573 e. The molecule has 26 heavy (non-hydrogen) atoms. The van der Waals surface area contributed by atoms with Crippen molar-refractivity contribution in [2.24, 2.45) is 10.7 Å². The van der Waals surface area contributed by atoms with Crippen molar-refractivity contribution in [3.05, 3.63) is 47.6 Å². The lowest BCUT2D eigenvalue weighted by atomic mass is 10.3. The Morgan fingerprint density at radius 1 is 1.19 bits per heavy atom. The summed E-state index contributed by atoms with van der Waals surface area (Å²) in [6, 6.07) is 8.37. The summed E-state index contributed by atoms with van der Waals surface area (Å²) < 4.78 is 45.3. The molecule has 0 aliphatic rings. The molecular weight excluding hydrogens is 488 g/mol. The number of alkyl halides is 3. The standard InChI is InChI=1S/C15H14ClF3N4O2.HI/c16-10-1-6-13(22-9-10)24-8-7-21-14(20)23-11-2-4-12(5-3-11)25-15(17,18)19;/h1-6,9H,7-8H2,(H3,20,21,23);1H. The molecular formula is C15H15ClF3IN4O2. The second kappa shape index (κ2) is 10.3. The van der Waals surface area contributed by atoms with Crippen LogP contribution in [0.15, 0.2) is 47.6 Å². The van der Waals surface area contributed by atoms with Gasteiger partial charge in [-0.15, -0.1) is 37.1 Å². The minimum absolute atomic E-state index is 0. The quantitative estimate of drug-likeness (QED) is 0.270. The van der Waals surface area contributed by atoms with E-state index in [1.165, 1.54) is 30.5 Å². The molecule has 0 saturated heterocycles. The van der Waals surface area contributed by atoms with E-state index in [1.807, 2.05) is 0 Å². The van der Waals surface area contributed by atoms with Gasteiger partial charge in [0.15, 0.2) is 5.96 Å². The third-order valence-corrected chi connectivity index (χ3v) is 2.91. The molecule has 0 amide bonds. The first-order chi connectivity index (χ1) is 11.8. The number of aliphatic imine (C=N–C) groups is 1. The van der Waals surface area contributed by atoms with Crippen LogP contribution < -0.4 is 20.5 Å². The van der Waals surface area contributed by atoms with E-state index in [4.69, 9.17) is 22.1 Å². The fraction of sp³-hybridized carbons (Fsp3) is 0.200. The third kappa shape index (κ3) is 8.43. The maximum atomic E-state index is 12.1. The number of ether oxygens (including phenoxy) is 2. The van der Waals surface area contributed by atoms with Crippen molar-refractivity contribution in [3.8, 4) is 11.6 Å². The number of rotatable bonds is 6. The molecule has 3 N–H and O–H groups in total. The summed E-state index contributed by atoms with van der Waals surface area (Å²) in [6.45, 7) is 0.508. The summed E-state index contributed by atoms with van der Waals surface area (Å²) >= 11 is 5.70. The second-order valence-electron chi connectivity index (χ2n) is 4.63. The Kier molecular flexibility index (Phi) is 8.72. The molecule has 0 aliphatic carbocycles. The lowest BCUT2D eigenvalue weighted by Gasteiger charge is -2.10. The number of halogens is 5. The van der Waals surface area contributed by atoms with E-state index in [2.05, 4.69) is 20.0 Å². The van der Waals surface area contributed by atoms with E-state index >= 15 is 0 Å². The number of anilines is 1. The van der Waals surface area contributed by atoms with Gasteiger partial charge in [0, 0.05) is 18.0 Å². The lowest BCUT2D eigenvalue weighted by molar-refractivity contribution is -0.274. The highest BCUT2D eigenvalue weighted by atomic mass is 127. The Bertz CT molecular complexity index is 712. The zero-order chi connectivity index (χ0) is 18.3. The van der Waals surface area contributed by atoms with Gasteiger partial charge in [-0.25, -0.2) is 9.98 Å². The summed E-state index contributed by atoms with van der Waals surface area (Å²) in [5.41, 5.74) is 6.15. The molecule has 0 atom stereocenters.